The van der Waals surface area contributed by atoms with Crippen LogP contribution in [-0.4, -0.2) is 69.7 Å². The van der Waals surface area contributed by atoms with E-state index >= 15 is 0 Å². The van der Waals surface area contributed by atoms with Crippen LogP contribution in [0.1, 0.15) is 26.3 Å². The quantitative estimate of drug-likeness (QED) is 0.330. The molecule has 10 heteroatoms. The largest absolute Gasteiger partial charge is 0.507 e. The molecular formula is C27H26O10. The molecule has 3 aromatic carbocycles. The Morgan fingerprint density at radius 2 is 1.51 bits per heavy atom. The monoisotopic (exact) mass is 510 g/mol. The molecule has 4 N–H and O–H groups in total. The number of carbonyl (C=O) groups is 2. The molecule has 0 aliphatic carbocycles. The van der Waals surface area contributed by atoms with Crippen molar-refractivity contribution in [1.82, 2.24) is 0 Å². The van der Waals surface area contributed by atoms with E-state index in [4.69, 9.17) is 18.9 Å². The molecule has 1 fully saturated rings. The van der Waals surface area contributed by atoms with Gasteiger partial charge in [0.2, 0.25) is 6.29 Å². The number of esters is 2. The van der Waals surface area contributed by atoms with Gasteiger partial charge in [-0.1, -0.05) is 48.5 Å². The average molecular weight is 510 g/mol. The Morgan fingerprint density at radius 3 is 2.24 bits per heavy atom. The minimum Gasteiger partial charge on any atom is -0.507 e. The molecular weight excluding hydrogens is 484 g/mol. The first kappa shape index (κ1) is 26.1. The molecule has 1 aliphatic rings. The first-order valence-corrected chi connectivity index (χ1v) is 11.5. The fraction of sp³-hybridized carbons (Fsp3) is 0.259. The summed E-state index contributed by atoms with van der Waals surface area (Å²) in [6.07, 6.45) is -7.26. The highest BCUT2D eigenvalue weighted by Gasteiger charge is 2.48. The Labute approximate surface area is 212 Å². The van der Waals surface area contributed by atoms with E-state index in [1.165, 1.54) is 24.3 Å². The van der Waals surface area contributed by atoms with Crippen LogP contribution in [0, 0.1) is 0 Å². The van der Waals surface area contributed by atoms with Crippen LogP contribution >= 0.6 is 0 Å². The highest BCUT2D eigenvalue weighted by atomic mass is 16.7. The summed E-state index contributed by atoms with van der Waals surface area (Å²) in [5.41, 5.74) is 0.611. The van der Waals surface area contributed by atoms with Gasteiger partial charge >= 0.3 is 11.9 Å². The lowest BCUT2D eigenvalue weighted by atomic mass is 9.99. The van der Waals surface area contributed by atoms with Crippen molar-refractivity contribution >= 4 is 11.9 Å². The van der Waals surface area contributed by atoms with Gasteiger partial charge in [-0.2, -0.15) is 0 Å². The van der Waals surface area contributed by atoms with E-state index in [0.717, 1.165) is 0 Å². The van der Waals surface area contributed by atoms with Gasteiger partial charge in [0.25, 0.3) is 0 Å². The Bertz CT molecular complexity index is 1210. The van der Waals surface area contributed by atoms with E-state index in [1.807, 2.05) is 0 Å². The second-order valence-corrected chi connectivity index (χ2v) is 8.26. The highest BCUT2D eigenvalue weighted by Crippen LogP contribution is 2.29. The molecule has 1 saturated heterocycles. The molecule has 0 spiro atoms. The zero-order chi connectivity index (χ0) is 26.4. The van der Waals surface area contributed by atoms with Gasteiger partial charge in [-0.25, -0.2) is 9.59 Å². The van der Waals surface area contributed by atoms with Crippen LogP contribution in [0.15, 0.2) is 78.9 Å². The topological polar surface area (TPSA) is 152 Å². The fourth-order valence-corrected chi connectivity index (χ4v) is 3.77. The number of hydrogen-bond donors (Lipinski definition) is 4. The summed E-state index contributed by atoms with van der Waals surface area (Å²) >= 11 is 0. The Balaban J connectivity index is 1.53. The third-order valence-corrected chi connectivity index (χ3v) is 5.78. The molecule has 10 nitrogen and oxygen atoms in total. The number of aliphatic hydroxyl groups is 3. The van der Waals surface area contributed by atoms with E-state index in [-0.39, 0.29) is 29.2 Å². The van der Waals surface area contributed by atoms with Crippen molar-refractivity contribution in [2.24, 2.45) is 0 Å². The highest BCUT2D eigenvalue weighted by molar-refractivity contribution is 5.92. The molecule has 0 amide bonds. The van der Waals surface area contributed by atoms with Crippen LogP contribution in [0.2, 0.25) is 0 Å². The van der Waals surface area contributed by atoms with Gasteiger partial charge in [0.1, 0.15) is 42.0 Å². The number of ether oxygens (including phenoxy) is 4. The number of benzene rings is 3. The molecule has 0 radical (unpaired) electrons. The average Bonchev–Trinajstić information content (AvgIpc) is 2.92. The van der Waals surface area contributed by atoms with Gasteiger partial charge in [-0.3, -0.25) is 0 Å². The molecule has 4 rings (SSSR count). The third-order valence-electron chi connectivity index (χ3n) is 5.78. The Kier molecular flexibility index (Phi) is 8.36. The second-order valence-electron chi connectivity index (χ2n) is 8.26. The van der Waals surface area contributed by atoms with Crippen LogP contribution in [0.4, 0.5) is 0 Å². The van der Waals surface area contributed by atoms with Crippen molar-refractivity contribution < 1.29 is 49.0 Å². The van der Waals surface area contributed by atoms with Crippen molar-refractivity contribution in [1.29, 1.82) is 0 Å². The minimum absolute atomic E-state index is 0.00713. The van der Waals surface area contributed by atoms with E-state index in [0.29, 0.717) is 5.56 Å². The molecule has 0 unspecified atom stereocenters. The lowest BCUT2D eigenvalue weighted by Gasteiger charge is -2.41. The normalized spacial score (nSPS) is 23.2. The molecule has 0 saturated carbocycles. The van der Waals surface area contributed by atoms with E-state index < -0.39 is 49.3 Å². The number of aliphatic hydroxyl groups excluding tert-OH is 3. The van der Waals surface area contributed by atoms with Crippen molar-refractivity contribution in [3.8, 4) is 11.5 Å². The minimum atomic E-state index is -1.63. The van der Waals surface area contributed by atoms with Crippen molar-refractivity contribution in [2.45, 2.75) is 37.3 Å². The number of hydrogen-bond acceptors (Lipinski definition) is 10. The van der Waals surface area contributed by atoms with Crippen molar-refractivity contribution in [3.05, 3.63) is 95.6 Å². The van der Waals surface area contributed by atoms with Crippen LogP contribution in [0.3, 0.4) is 0 Å². The molecule has 5 atom stereocenters. The molecule has 1 heterocycles. The third kappa shape index (κ3) is 6.07. The first-order valence-electron chi connectivity index (χ1n) is 11.5. The van der Waals surface area contributed by atoms with Gasteiger partial charge in [-0.05, 0) is 30.3 Å². The second kappa shape index (κ2) is 11.8. The molecule has 3 aromatic rings. The number of phenolic OH excluding ortho intramolecular Hbond substituents is 1. The summed E-state index contributed by atoms with van der Waals surface area (Å²) in [5.74, 6) is -1.58. The van der Waals surface area contributed by atoms with Gasteiger partial charge in [-0.15, -0.1) is 0 Å². The van der Waals surface area contributed by atoms with Crippen LogP contribution in [0.5, 0.6) is 11.5 Å². The number of carbonyl (C=O) groups excluding carboxylic acids is 2. The SMILES string of the molecule is O=C(O[C@H]1[C@H](Oc2ccccc2COC(=O)c2ccccc2O)O[C@H](CO)[C@@H](O)[C@@H]1O)c1ccccc1. The fourth-order valence-electron chi connectivity index (χ4n) is 3.77. The van der Waals surface area contributed by atoms with Gasteiger partial charge in [0, 0.05) is 5.56 Å². The molecule has 37 heavy (non-hydrogen) atoms. The maximum atomic E-state index is 12.7. The van der Waals surface area contributed by atoms with Crippen LogP contribution in [0.25, 0.3) is 0 Å². The number of aromatic hydroxyl groups is 1. The number of rotatable bonds is 8. The molecule has 0 bridgehead atoms. The smallest absolute Gasteiger partial charge is 0.342 e. The van der Waals surface area contributed by atoms with Crippen molar-refractivity contribution in [3.63, 3.8) is 0 Å². The Hall–Kier alpha value is -3.96. The lowest BCUT2D eigenvalue weighted by molar-refractivity contribution is -0.276. The van der Waals surface area contributed by atoms with Gasteiger partial charge in [0.05, 0.1) is 12.2 Å². The molecule has 1 aliphatic heterocycles. The van der Waals surface area contributed by atoms with Gasteiger partial charge < -0.3 is 39.4 Å². The molecule has 0 aromatic heterocycles. The Morgan fingerprint density at radius 1 is 0.838 bits per heavy atom. The number of para-hydroxylation sites is 2. The summed E-state index contributed by atoms with van der Waals surface area (Å²) in [4.78, 5) is 25.1. The van der Waals surface area contributed by atoms with E-state index in [2.05, 4.69) is 0 Å². The first-order chi connectivity index (χ1) is 17.9. The maximum absolute atomic E-state index is 12.7. The van der Waals surface area contributed by atoms with Crippen molar-refractivity contribution in [2.75, 3.05) is 6.61 Å². The molecule has 194 valence electrons. The van der Waals surface area contributed by atoms with Crippen LogP contribution in [-0.2, 0) is 20.8 Å². The predicted molar refractivity (Wildman–Crippen MR) is 128 cm³/mol. The summed E-state index contributed by atoms with van der Waals surface area (Å²) in [7, 11) is 0. The van der Waals surface area contributed by atoms with Gasteiger partial charge in [0.15, 0.2) is 6.10 Å². The predicted octanol–water partition coefficient (Wildman–Crippen LogP) is 1.79. The summed E-state index contributed by atoms with van der Waals surface area (Å²) < 4.78 is 22.3. The number of phenols is 1. The summed E-state index contributed by atoms with van der Waals surface area (Å²) in [5, 5.41) is 40.5. The van der Waals surface area contributed by atoms with Crippen LogP contribution < -0.4 is 4.74 Å². The van der Waals surface area contributed by atoms with E-state index in [9.17, 15) is 30.0 Å². The lowest BCUT2D eigenvalue weighted by Crippen LogP contribution is -2.61. The summed E-state index contributed by atoms with van der Waals surface area (Å²) in [6.45, 7) is -0.865. The standard InChI is InChI=1S/C27H26O10/c28-14-21-22(30)23(31)24(37-25(32)16-8-2-1-3-9-16)27(36-21)35-20-13-7-4-10-17(20)15-34-26(33)18-11-5-6-12-19(18)29/h1-13,21-24,27-31H,14-15H2/t21-,22-,23+,24-,27-/m1/s1. The zero-order valence-corrected chi connectivity index (χ0v) is 19.5. The maximum Gasteiger partial charge on any atom is 0.342 e. The summed E-state index contributed by atoms with van der Waals surface area (Å²) in [6, 6.07) is 20.5. The zero-order valence-electron chi connectivity index (χ0n) is 19.5. The van der Waals surface area contributed by atoms with E-state index in [1.54, 1.807) is 54.6 Å².